The number of ether oxygens (including phenoxy) is 1. The standard InChI is InChI=1S/C15H16N4O/c16-6-1-2-7-20-15-5-3-4-14(8-15)19-11-13-9-17-12-18-10-13/h3-5,8-10,12,19H,1-2,7,11H2. The van der Waals surface area contributed by atoms with Crippen LogP contribution in [0.15, 0.2) is 43.0 Å². The molecule has 1 aromatic heterocycles. The zero-order valence-corrected chi connectivity index (χ0v) is 11.1. The third-order valence-electron chi connectivity index (χ3n) is 2.65. The molecule has 0 saturated carbocycles. The molecule has 1 aromatic carbocycles. The van der Waals surface area contributed by atoms with E-state index >= 15 is 0 Å². The number of rotatable bonds is 7. The second-order valence-electron chi connectivity index (χ2n) is 4.24. The first-order valence-electron chi connectivity index (χ1n) is 6.46. The molecule has 0 radical (unpaired) electrons. The summed E-state index contributed by atoms with van der Waals surface area (Å²) in [5.41, 5.74) is 2.00. The Kier molecular flexibility index (Phi) is 5.35. The van der Waals surface area contributed by atoms with Crippen molar-refractivity contribution in [2.24, 2.45) is 0 Å². The van der Waals surface area contributed by atoms with E-state index in [0.717, 1.165) is 23.4 Å². The van der Waals surface area contributed by atoms with Gasteiger partial charge in [0.1, 0.15) is 12.1 Å². The summed E-state index contributed by atoms with van der Waals surface area (Å²) in [6.45, 7) is 1.22. The highest BCUT2D eigenvalue weighted by molar-refractivity contribution is 5.48. The zero-order valence-electron chi connectivity index (χ0n) is 11.1. The summed E-state index contributed by atoms with van der Waals surface area (Å²) in [6.07, 6.45) is 6.34. The van der Waals surface area contributed by atoms with Gasteiger partial charge < -0.3 is 10.1 Å². The van der Waals surface area contributed by atoms with Crippen LogP contribution in [0.5, 0.6) is 5.75 Å². The summed E-state index contributed by atoms with van der Waals surface area (Å²) < 4.78 is 5.58. The van der Waals surface area contributed by atoms with Crippen molar-refractivity contribution in [3.8, 4) is 11.8 Å². The number of unbranched alkanes of at least 4 members (excludes halogenated alkanes) is 1. The van der Waals surface area contributed by atoms with Crippen molar-refractivity contribution in [1.29, 1.82) is 5.26 Å². The Morgan fingerprint density at radius 3 is 2.90 bits per heavy atom. The van der Waals surface area contributed by atoms with E-state index < -0.39 is 0 Å². The molecule has 0 bridgehead atoms. The Bertz CT molecular complexity index is 566. The fraction of sp³-hybridized carbons (Fsp3) is 0.267. The molecular formula is C15H16N4O. The Morgan fingerprint density at radius 2 is 2.10 bits per heavy atom. The fourth-order valence-electron chi connectivity index (χ4n) is 1.66. The second-order valence-corrected chi connectivity index (χ2v) is 4.24. The Hall–Kier alpha value is -2.61. The molecule has 1 N–H and O–H groups in total. The number of hydrogen-bond acceptors (Lipinski definition) is 5. The highest BCUT2D eigenvalue weighted by atomic mass is 16.5. The maximum Gasteiger partial charge on any atom is 0.121 e. The summed E-state index contributed by atoms with van der Waals surface area (Å²) in [7, 11) is 0. The van der Waals surface area contributed by atoms with Crippen molar-refractivity contribution >= 4 is 5.69 Å². The van der Waals surface area contributed by atoms with Crippen LogP contribution in [0, 0.1) is 11.3 Å². The van der Waals surface area contributed by atoms with Gasteiger partial charge >= 0.3 is 0 Å². The third-order valence-corrected chi connectivity index (χ3v) is 2.65. The minimum Gasteiger partial charge on any atom is -0.493 e. The molecule has 0 aliphatic rings. The van der Waals surface area contributed by atoms with Crippen molar-refractivity contribution < 1.29 is 4.74 Å². The van der Waals surface area contributed by atoms with Gasteiger partial charge in [0.05, 0.1) is 12.7 Å². The van der Waals surface area contributed by atoms with E-state index in [1.165, 1.54) is 6.33 Å². The maximum absolute atomic E-state index is 8.46. The van der Waals surface area contributed by atoms with E-state index in [0.29, 0.717) is 19.6 Å². The van der Waals surface area contributed by atoms with E-state index in [2.05, 4.69) is 21.4 Å². The molecule has 1 heterocycles. The highest BCUT2D eigenvalue weighted by Gasteiger charge is 1.98. The molecule has 20 heavy (non-hydrogen) atoms. The van der Waals surface area contributed by atoms with Crippen LogP contribution >= 0.6 is 0 Å². The number of nitrogens with zero attached hydrogens (tertiary/aromatic N) is 3. The molecule has 0 saturated heterocycles. The molecule has 5 heteroatoms. The van der Waals surface area contributed by atoms with Crippen LogP contribution in [0.1, 0.15) is 18.4 Å². The quantitative estimate of drug-likeness (QED) is 0.782. The van der Waals surface area contributed by atoms with Crippen molar-refractivity contribution in [3.63, 3.8) is 0 Å². The Labute approximate surface area is 118 Å². The predicted octanol–water partition coefficient (Wildman–Crippen LogP) is 2.77. The lowest BCUT2D eigenvalue weighted by molar-refractivity contribution is 0.313. The summed E-state index contributed by atoms with van der Waals surface area (Å²) >= 11 is 0. The summed E-state index contributed by atoms with van der Waals surface area (Å²) in [5.74, 6) is 0.803. The first-order chi connectivity index (χ1) is 9.88. The first kappa shape index (κ1) is 13.8. The van der Waals surface area contributed by atoms with Crippen molar-refractivity contribution in [2.45, 2.75) is 19.4 Å². The van der Waals surface area contributed by atoms with Crippen LogP contribution in [0.2, 0.25) is 0 Å². The average Bonchev–Trinajstić information content (AvgIpc) is 2.51. The molecule has 0 aliphatic carbocycles. The number of nitriles is 1. The van der Waals surface area contributed by atoms with Crippen LogP contribution in [-0.2, 0) is 6.54 Å². The molecule has 0 atom stereocenters. The van der Waals surface area contributed by atoms with E-state index in [9.17, 15) is 0 Å². The molecule has 0 amide bonds. The zero-order chi connectivity index (χ0) is 14.0. The van der Waals surface area contributed by atoms with Gasteiger partial charge in [0.25, 0.3) is 0 Å². The minimum atomic E-state index is 0.520. The molecule has 5 nitrogen and oxygen atoms in total. The van der Waals surface area contributed by atoms with Crippen LogP contribution in [0.4, 0.5) is 5.69 Å². The molecule has 0 unspecified atom stereocenters. The van der Waals surface area contributed by atoms with Crippen LogP contribution in [0.3, 0.4) is 0 Å². The normalized spacial score (nSPS) is 9.75. The number of hydrogen-bond donors (Lipinski definition) is 1. The average molecular weight is 268 g/mol. The van der Waals surface area contributed by atoms with Gasteiger partial charge in [0, 0.05) is 42.7 Å². The Morgan fingerprint density at radius 1 is 1.25 bits per heavy atom. The fourth-order valence-corrected chi connectivity index (χ4v) is 1.66. The van der Waals surface area contributed by atoms with E-state index in [1.807, 2.05) is 24.3 Å². The van der Waals surface area contributed by atoms with Gasteiger partial charge in [-0.15, -0.1) is 0 Å². The molecule has 0 spiro atoms. The molecule has 2 rings (SSSR count). The summed E-state index contributed by atoms with van der Waals surface area (Å²) in [6, 6.07) is 9.86. The van der Waals surface area contributed by atoms with Crippen LogP contribution in [-0.4, -0.2) is 16.6 Å². The van der Waals surface area contributed by atoms with Gasteiger partial charge in [-0.3, -0.25) is 0 Å². The topological polar surface area (TPSA) is 70.8 Å². The SMILES string of the molecule is N#CCCCOc1cccc(NCc2cncnc2)c1. The smallest absolute Gasteiger partial charge is 0.121 e. The van der Waals surface area contributed by atoms with Gasteiger partial charge in [-0.1, -0.05) is 6.07 Å². The molecule has 102 valence electrons. The van der Waals surface area contributed by atoms with Gasteiger partial charge in [-0.05, 0) is 18.6 Å². The van der Waals surface area contributed by atoms with Gasteiger partial charge in [0.15, 0.2) is 0 Å². The molecule has 2 aromatic rings. The lowest BCUT2D eigenvalue weighted by atomic mass is 10.2. The maximum atomic E-state index is 8.46. The highest BCUT2D eigenvalue weighted by Crippen LogP contribution is 2.18. The van der Waals surface area contributed by atoms with Crippen molar-refractivity contribution in [3.05, 3.63) is 48.5 Å². The predicted molar refractivity (Wildman–Crippen MR) is 76.1 cm³/mol. The van der Waals surface area contributed by atoms with Gasteiger partial charge in [-0.25, -0.2) is 9.97 Å². The molecular weight excluding hydrogens is 252 g/mol. The number of aromatic nitrogens is 2. The van der Waals surface area contributed by atoms with Crippen LogP contribution < -0.4 is 10.1 Å². The summed E-state index contributed by atoms with van der Waals surface area (Å²) in [5, 5.41) is 11.8. The molecule has 0 fully saturated rings. The minimum absolute atomic E-state index is 0.520. The largest absolute Gasteiger partial charge is 0.493 e. The van der Waals surface area contributed by atoms with Gasteiger partial charge in [0.2, 0.25) is 0 Å². The Balaban J connectivity index is 1.85. The van der Waals surface area contributed by atoms with Crippen LogP contribution in [0.25, 0.3) is 0 Å². The van der Waals surface area contributed by atoms with Gasteiger partial charge in [-0.2, -0.15) is 5.26 Å². The lowest BCUT2D eigenvalue weighted by Gasteiger charge is -2.09. The molecule has 0 aliphatic heterocycles. The summed E-state index contributed by atoms with van der Waals surface area (Å²) in [4.78, 5) is 7.94. The monoisotopic (exact) mass is 268 g/mol. The van der Waals surface area contributed by atoms with Crippen molar-refractivity contribution in [2.75, 3.05) is 11.9 Å². The second kappa shape index (κ2) is 7.74. The van der Waals surface area contributed by atoms with E-state index in [-0.39, 0.29) is 0 Å². The van der Waals surface area contributed by atoms with E-state index in [1.54, 1.807) is 12.4 Å². The number of benzene rings is 1. The number of anilines is 1. The third kappa shape index (κ3) is 4.58. The number of nitrogens with one attached hydrogen (secondary N) is 1. The van der Waals surface area contributed by atoms with E-state index in [4.69, 9.17) is 10.00 Å². The lowest BCUT2D eigenvalue weighted by Crippen LogP contribution is -2.01. The van der Waals surface area contributed by atoms with Crippen molar-refractivity contribution in [1.82, 2.24) is 9.97 Å². The first-order valence-corrected chi connectivity index (χ1v) is 6.46.